The van der Waals surface area contributed by atoms with Gasteiger partial charge in [-0.2, -0.15) is 0 Å². The average molecular weight is 222 g/mol. The first-order valence-corrected chi connectivity index (χ1v) is 5.87. The Kier molecular flexibility index (Phi) is 3.81. The van der Waals surface area contributed by atoms with Crippen LogP contribution < -0.4 is 0 Å². The summed E-state index contributed by atoms with van der Waals surface area (Å²) in [4.78, 5) is 2.48. The molecule has 0 aliphatic carbocycles. The topological polar surface area (TPSA) is 3.24 Å². The zero-order chi connectivity index (χ0) is 10.5. The van der Waals surface area contributed by atoms with Gasteiger partial charge in [0.1, 0.15) is 0 Å². The van der Waals surface area contributed by atoms with Gasteiger partial charge in [-0.15, -0.1) is 0 Å². The van der Waals surface area contributed by atoms with Crippen LogP contribution in [0.15, 0.2) is 30.3 Å². The Balaban J connectivity index is 1.85. The molecule has 0 radical (unpaired) electrons. The van der Waals surface area contributed by atoms with Gasteiger partial charge in [-0.3, -0.25) is 4.90 Å². The minimum Gasteiger partial charge on any atom is -0.300 e. The smallest absolute Gasteiger partial charge is 0.0406 e. The van der Waals surface area contributed by atoms with Crippen LogP contribution in [0.25, 0.3) is 6.08 Å². The van der Waals surface area contributed by atoms with Crippen molar-refractivity contribution in [3.8, 4) is 0 Å². The second-order valence-electron chi connectivity index (χ2n) is 3.96. The maximum atomic E-state index is 5.82. The summed E-state index contributed by atoms with van der Waals surface area (Å²) < 4.78 is 0. The minimum absolute atomic E-state index is 0.798. The molecule has 0 spiro atoms. The van der Waals surface area contributed by atoms with E-state index in [-0.39, 0.29) is 0 Å². The molecule has 1 saturated heterocycles. The third kappa shape index (κ3) is 3.37. The highest BCUT2D eigenvalue weighted by Gasteiger charge is 2.08. The first-order valence-electron chi connectivity index (χ1n) is 5.49. The molecular weight excluding hydrogens is 206 g/mol. The van der Waals surface area contributed by atoms with E-state index in [1.165, 1.54) is 31.5 Å². The predicted octanol–water partition coefficient (Wildman–Crippen LogP) is 3.45. The number of nitrogens with zero attached hydrogens (tertiary/aromatic N) is 1. The quantitative estimate of drug-likeness (QED) is 0.756. The first-order chi connectivity index (χ1) is 7.34. The highest BCUT2D eigenvalue weighted by Crippen LogP contribution is 2.11. The van der Waals surface area contributed by atoms with Crippen molar-refractivity contribution < 1.29 is 0 Å². The molecule has 15 heavy (non-hydrogen) atoms. The fourth-order valence-corrected chi connectivity index (χ4v) is 2.00. The molecule has 1 heterocycles. The first kappa shape index (κ1) is 10.7. The average Bonchev–Trinajstić information content (AvgIpc) is 2.74. The summed E-state index contributed by atoms with van der Waals surface area (Å²) in [5, 5.41) is 0.798. The molecule has 0 atom stereocenters. The monoisotopic (exact) mass is 221 g/mol. The Bertz CT molecular complexity index is 323. The van der Waals surface area contributed by atoms with E-state index >= 15 is 0 Å². The van der Waals surface area contributed by atoms with Gasteiger partial charge in [0.25, 0.3) is 0 Å². The minimum atomic E-state index is 0.798. The van der Waals surface area contributed by atoms with E-state index in [0.717, 1.165) is 11.6 Å². The lowest BCUT2D eigenvalue weighted by Crippen LogP contribution is -2.18. The third-order valence-corrected chi connectivity index (χ3v) is 2.99. The van der Waals surface area contributed by atoms with Gasteiger partial charge in [0.05, 0.1) is 0 Å². The van der Waals surface area contributed by atoms with Crippen molar-refractivity contribution in [2.24, 2.45) is 0 Å². The zero-order valence-corrected chi connectivity index (χ0v) is 9.58. The van der Waals surface area contributed by atoms with Gasteiger partial charge in [0.2, 0.25) is 0 Å². The van der Waals surface area contributed by atoms with Crippen LogP contribution in [0.4, 0.5) is 0 Å². The van der Waals surface area contributed by atoms with E-state index in [9.17, 15) is 0 Å². The lowest BCUT2D eigenvalue weighted by Gasteiger charge is -2.10. The maximum Gasteiger partial charge on any atom is 0.0406 e. The molecule has 1 aromatic carbocycles. The molecule has 0 amide bonds. The van der Waals surface area contributed by atoms with Gasteiger partial charge in [0, 0.05) is 11.6 Å². The molecule has 2 heteroatoms. The zero-order valence-electron chi connectivity index (χ0n) is 8.82. The summed E-state index contributed by atoms with van der Waals surface area (Å²) in [5.41, 5.74) is 1.22. The maximum absolute atomic E-state index is 5.82. The molecule has 0 saturated carbocycles. The van der Waals surface area contributed by atoms with Crippen molar-refractivity contribution in [1.82, 2.24) is 4.90 Å². The van der Waals surface area contributed by atoms with Crippen molar-refractivity contribution in [3.05, 3.63) is 40.9 Å². The highest BCUT2D eigenvalue weighted by molar-refractivity contribution is 6.30. The third-order valence-electron chi connectivity index (χ3n) is 2.74. The van der Waals surface area contributed by atoms with Gasteiger partial charge in [-0.25, -0.2) is 0 Å². The van der Waals surface area contributed by atoms with Crippen molar-refractivity contribution in [1.29, 1.82) is 0 Å². The summed E-state index contributed by atoms with van der Waals surface area (Å²) in [6.45, 7) is 3.58. The lowest BCUT2D eigenvalue weighted by molar-refractivity contribution is 0.378. The molecule has 0 bridgehead atoms. The molecule has 1 fully saturated rings. The second kappa shape index (κ2) is 5.34. The largest absolute Gasteiger partial charge is 0.300 e. The molecule has 80 valence electrons. The van der Waals surface area contributed by atoms with E-state index in [1.54, 1.807) is 0 Å². The van der Waals surface area contributed by atoms with Crippen molar-refractivity contribution in [3.63, 3.8) is 0 Å². The standard InChI is InChI=1S/C13H16ClN/c14-13-7-5-12(6-8-13)4-3-11-15-9-1-2-10-15/h3-8H,1-2,9-11H2/b4-3+. The Morgan fingerprint density at radius 1 is 1.13 bits per heavy atom. The number of hydrogen-bond donors (Lipinski definition) is 0. The van der Waals surface area contributed by atoms with E-state index in [4.69, 9.17) is 11.6 Å². The summed E-state index contributed by atoms with van der Waals surface area (Å²) >= 11 is 5.82. The van der Waals surface area contributed by atoms with Crippen LogP contribution in [-0.2, 0) is 0 Å². The Labute approximate surface area is 96.4 Å². The lowest BCUT2D eigenvalue weighted by atomic mass is 10.2. The molecule has 0 aromatic heterocycles. The molecule has 1 aliphatic rings. The van der Waals surface area contributed by atoms with Gasteiger partial charge in [0.15, 0.2) is 0 Å². The summed E-state index contributed by atoms with van der Waals surface area (Å²) in [6.07, 6.45) is 7.10. The van der Waals surface area contributed by atoms with Gasteiger partial charge < -0.3 is 0 Å². The highest BCUT2D eigenvalue weighted by atomic mass is 35.5. The molecule has 2 rings (SSSR count). The molecule has 1 aliphatic heterocycles. The van der Waals surface area contributed by atoms with Crippen LogP contribution in [0, 0.1) is 0 Å². The van der Waals surface area contributed by atoms with E-state index < -0.39 is 0 Å². The van der Waals surface area contributed by atoms with Crippen LogP contribution >= 0.6 is 11.6 Å². The Morgan fingerprint density at radius 3 is 2.47 bits per heavy atom. The van der Waals surface area contributed by atoms with E-state index in [2.05, 4.69) is 17.1 Å². The number of benzene rings is 1. The van der Waals surface area contributed by atoms with Gasteiger partial charge in [-0.1, -0.05) is 35.9 Å². The fraction of sp³-hybridized carbons (Fsp3) is 0.385. The van der Waals surface area contributed by atoms with Gasteiger partial charge in [-0.05, 0) is 43.6 Å². The number of rotatable bonds is 3. The fourth-order valence-electron chi connectivity index (χ4n) is 1.88. The SMILES string of the molecule is Clc1ccc(/C=C/CN2CCCC2)cc1. The normalized spacial score (nSPS) is 17.7. The van der Waals surface area contributed by atoms with E-state index in [1.807, 2.05) is 24.3 Å². The van der Waals surface area contributed by atoms with Gasteiger partial charge >= 0.3 is 0 Å². The molecule has 1 aromatic rings. The number of hydrogen-bond acceptors (Lipinski definition) is 1. The number of likely N-dealkylation sites (tertiary alicyclic amines) is 1. The van der Waals surface area contributed by atoms with Crippen molar-refractivity contribution in [2.45, 2.75) is 12.8 Å². The molecular formula is C13H16ClN. The molecule has 0 unspecified atom stereocenters. The molecule has 0 N–H and O–H groups in total. The van der Waals surface area contributed by atoms with Crippen molar-refractivity contribution in [2.75, 3.05) is 19.6 Å². The van der Waals surface area contributed by atoms with Crippen LogP contribution in [0.1, 0.15) is 18.4 Å². The van der Waals surface area contributed by atoms with Crippen molar-refractivity contribution >= 4 is 17.7 Å². The van der Waals surface area contributed by atoms with Crippen LogP contribution in [0.5, 0.6) is 0 Å². The van der Waals surface area contributed by atoms with Crippen LogP contribution in [0.3, 0.4) is 0 Å². The summed E-state index contributed by atoms with van der Waals surface area (Å²) in [5.74, 6) is 0. The predicted molar refractivity (Wildman–Crippen MR) is 66.2 cm³/mol. The Hall–Kier alpha value is -0.790. The molecule has 1 nitrogen and oxygen atoms in total. The Morgan fingerprint density at radius 2 is 1.80 bits per heavy atom. The summed E-state index contributed by atoms with van der Waals surface area (Å²) in [7, 11) is 0. The van der Waals surface area contributed by atoms with Crippen LogP contribution in [-0.4, -0.2) is 24.5 Å². The van der Waals surface area contributed by atoms with E-state index in [0.29, 0.717) is 0 Å². The van der Waals surface area contributed by atoms with Crippen LogP contribution in [0.2, 0.25) is 5.02 Å². The summed E-state index contributed by atoms with van der Waals surface area (Å²) in [6, 6.07) is 7.94. The second-order valence-corrected chi connectivity index (χ2v) is 4.40. The number of halogens is 1.